The molecule has 31 heavy (non-hydrogen) atoms. The molecule has 2 aromatic rings. The number of rotatable bonds is 7. The Labute approximate surface area is 188 Å². The summed E-state index contributed by atoms with van der Waals surface area (Å²) in [5, 5.41) is 0. The molecule has 1 amide bonds. The number of likely N-dealkylation sites (tertiary alicyclic amines) is 1. The lowest BCUT2D eigenvalue weighted by Gasteiger charge is -2.32. The molecule has 0 radical (unpaired) electrons. The van der Waals surface area contributed by atoms with Crippen molar-refractivity contribution in [3.8, 4) is 5.75 Å². The molecule has 164 valence electrons. The number of carbonyl (C=O) groups excluding carboxylic acids is 2. The lowest BCUT2D eigenvalue weighted by molar-refractivity contribution is 0.0647. The van der Waals surface area contributed by atoms with Gasteiger partial charge in [0.1, 0.15) is 5.75 Å². The van der Waals surface area contributed by atoms with E-state index in [1.54, 1.807) is 18.9 Å². The molecule has 0 aromatic heterocycles. The minimum absolute atomic E-state index is 0.0402. The van der Waals surface area contributed by atoms with Crippen LogP contribution in [-0.4, -0.2) is 55.3 Å². The first kappa shape index (κ1) is 21.9. The van der Waals surface area contributed by atoms with Gasteiger partial charge in [0.05, 0.1) is 18.8 Å². The van der Waals surface area contributed by atoms with E-state index >= 15 is 0 Å². The average Bonchev–Trinajstić information content (AvgIpc) is 3.36. The van der Waals surface area contributed by atoms with Gasteiger partial charge in [-0.1, -0.05) is 12.1 Å². The zero-order chi connectivity index (χ0) is 21.6. The normalized spacial score (nSPS) is 19.4. The number of ether oxygens (including phenoxy) is 2. The second kappa shape index (κ2) is 10.3. The number of nitrogens with zero attached hydrogens (tertiary/aromatic N) is 1. The van der Waals surface area contributed by atoms with Crippen molar-refractivity contribution in [3.63, 3.8) is 0 Å². The van der Waals surface area contributed by atoms with Crippen LogP contribution in [0.3, 0.4) is 0 Å². The SMILES string of the molecule is COc1ccc(C(=O)C2CCN(C(=O)c3ccccc3SCC3CCCO3)CC2)cc1. The molecule has 1 atom stereocenters. The van der Waals surface area contributed by atoms with Crippen LogP contribution in [-0.2, 0) is 4.74 Å². The topological polar surface area (TPSA) is 55.8 Å². The molecule has 2 aromatic carbocycles. The number of amides is 1. The highest BCUT2D eigenvalue weighted by Crippen LogP contribution is 2.29. The van der Waals surface area contributed by atoms with Gasteiger partial charge in [-0.15, -0.1) is 11.8 Å². The van der Waals surface area contributed by atoms with Gasteiger partial charge in [0.2, 0.25) is 0 Å². The van der Waals surface area contributed by atoms with Gasteiger partial charge in [-0.05, 0) is 62.1 Å². The van der Waals surface area contributed by atoms with Crippen LogP contribution in [0.1, 0.15) is 46.4 Å². The Bertz CT molecular complexity index is 900. The van der Waals surface area contributed by atoms with E-state index < -0.39 is 0 Å². The second-order valence-electron chi connectivity index (χ2n) is 8.10. The molecule has 1 unspecified atom stereocenters. The number of hydrogen-bond donors (Lipinski definition) is 0. The van der Waals surface area contributed by atoms with Crippen LogP contribution in [0.25, 0.3) is 0 Å². The fourth-order valence-corrected chi connectivity index (χ4v) is 5.35. The van der Waals surface area contributed by atoms with Gasteiger partial charge in [-0.25, -0.2) is 0 Å². The number of hydrogen-bond acceptors (Lipinski definition) is 5. The lowest BCUT2D eigenvalue weighted by Crippen LogP contribution is -2.40. The molecular weight excluding hydrogens is 410 g/mol. The second-order valence-corrected chi connectivity index (χ2v) is 9.16. The molecule has 2 saturated heterocycles. The van der Waals surface area contributed by atoms with Crippen LogP contribution in [0.5, 0.6) is 5.75 Å². The molecule has 2 aliphatic heterocycles. The molecule has 0 N–H and O–H groups in total. The summed E-state index contributed by atoms with van der Waals surface area (Å²) in [5.74, 6) is 1.80. The van der Waals surface area contributed by atoms with Crippen LogP contribution in [0, 0.1) is 5.92 Å². The Morgan fingerprint density at radius 2 is 1.81 bits per heavy atom. The molecule has 0 bridgehead atoms. The van der Waals surface area contributed by atoms with Crippen molar-refractivity contribution in [2.45, 2.75) is 36.7 Å². The Kier molecular flexibility index (Phi) is 7.30. The average molecular weight is 440 g/mol. The van der Waals surface area contributed by atoms with E-state index in [9.17, 15) is 9.59 Å². The van der Waals surface area contributed by atoms with Crippen LogP contribution in [0.4, 0.5) is 0 Å². The summed E-state index contributed by atoms with van der Waals surface area (Å²) in [4.78, 5) is 29.0. The van der Waals surface area contributed by atoms with Crippen LogP contribution < -0.4 is 4.74 Å². The van der Waals surface area contributed by atoms with Crippen LogP contribution >= 0.6 is 11.8 Å². The van der Waals surface area contributed by atoms with Crippen molar-refractivity contribution in [1.29, 1.82) is 0 Å². The van der Waals surface area contributed by atoms with E-state index in [2.05, 4.69) is 0 Å². The minimum atomic E-state index is -0.0402. The Morgan fingerprint density at radius 3 is 2.48 bits per heavy atom. The summed E-state index contributed by atoms with van der Waals surface area (Å²) < 4.78 is 10.9. The largest absolute Gasteiger partial charge is 0.497 e. The highest BCUT2D eigenvalue weighted by Gasteiger charge is 2.29. The van der Waals surface area contributed by atoms with Crippen LogP contribution in [0.15, 0.2) is 53.4 Å². The van der Waals surface area contributed by atoms with Gasteiger partial charge >= 0.3 is 0 Å². The van der Waals surface area contributed by atoms with E-state index in [4.69, 9.17) is 9.47 Å². The predicted octanol–water partition coefficient (Wildman–Crippen LogP) is 4.70. The van der Waals surface area contributed by atoms with Gasteiger partial charge < -0.3 is 14.4 Å². The fourth-order valence-electron chi connectivity index (χ4n) is 4.23. The van der Waals surface area contributed by atoms with Crippen molar-refractivity contribution in [1.82, 2.24) is 4.90 Å². The summed E-state index contributed by atoms with van der Waals surface area (Å²) in [5.41, 5.74) is 1.46. The summed E-state index contributed by atoms with van der Waals surface area (Å²) in [6.07, 6.45) is 3.89. The number of methoxy groups -OCH3 is 1. The molecule has 2 aliphatic rings. The van der Waals surface area contributed by atoms with Gasteiger partial charge in [0.15, 0.2) is 5.78 Å². The maximum atomic E-state index is 13.2. The van der Waals surface area contributed by atoms with Crippen molar-refractivity contribution in [2.75, 3.05) is 32.6 Å². The number of ketones is 1. The zero-order valence-corrected chi connectivity index (χ0v) is 18.7. The molecule has 0 spiro atoms. The van der Waals surface area contributed by atoms with Crippen molar-refractivity contribution in [2.24, 2.45) is 5.92 Å². The standard InChI is InChI=1S/C25H29NO4S/c1-29-20-10-8-18(9-11-20)24(27)19-12-14-26(15-13-19)25(28)22-6-2-3-7-23(22)31-17-21-5-4-16-30-21/h2-3,6-11,19,21H,4-5,12-17H2,1H3. The summed E-state index contributed by atoms with van der Waals surface area (Å²) in [6, 6.07) is 15.1. The van der Waals surface area contributed by atoms with E-state index in [1.165, 1.54) is 0 Å². The van der Waals surface area contributed by atoms with Gasteiger partial charge in [0.25, 0.3) is 5.91 Å². The maximum Gasteiger partial charge on any atom is 0.254 e. The lowest BCUT2D eigenvalue weighted by atomic mass is 9.88. The number of piperidine rings is 1. The first-order valence-corrected chi connectivity index (χ1v) is 11.9. The summed E-state index contributed by atoms with van der Waals surface area (Å²) >= 11 is 1.71. The number of thioether (sulfide) groups is 1. The molecule has 6 heteroatoms. The fraction of sp³-hybridized carbons (Fsp3) is 0.440. The van der Waals surface area contributed by atoms with Gasteiger partial charge in [0, 0.05) is 41.8 Å². The molecule has 0 aliphatic carbocycles. The molecule has 2 heterocycles. The molecule has 0 saturated carbocycles. The predicted molar refractivity (Wildman–Crippen MR) is 122 cm³/mol. The quantitative estimate of drug-likeness (QED) is 0.462. The van der Waals surface area contributed by atoms with Crippen LogP contribution in [0.2, 0.25) is 0 Å². The Balaban J connectivity index is 1.35. The zero-order valence-electron chi connectivity index (χ0n) is 17.9. The first-order chi connectivity index (χ1) is 15.2. The smallest absolute Gasteiger partial charge is 0.254 e. The van der Waals surface area contributed by atoms with Gasteiger partial charge in [-0.2, -0.15) is 0 Å². The highest BCUT2D eigenvalue weighted by molar-refractivity contribution is 7.99. The van der Waals surface area contributed by atoms with Crippen molar-refractivity contribution < 1.29 is 19.1 Å². The van der Waals surface area contributed by atoms with Gasteiger partial charge in [-0.3, -0.25) is 9.59 Å². The van der Waals surface area contributed by atoms with E-state index in [1.807, 2.05) is 53.4 Å². The number of carbonyl (C=O) groups is 2. The molecular formula is C25H29NO4S. The van der Waals surface area contributed by atoms with Crippen molar-refractivity contribution >= 4 is 23.5 Å². The third-order valence-corrected chi connectivity index (χ3v) is 7.30. The number of benzene rings is 2. The monoisotopic (exact) mass is 439 g/mol. The van der Waals surface area contributed by atoms with E-state index in [0.29, 0.717) is 31.5 Å². The van der Waals surface area contributed by atoms with E-state index in [-0.39, 0.29) is 23.7 Å². The molecule has 2 fully saturated rings. The number of Topliss-reactive ketones (excluding diaryl/α,β-unsaturated/α-hetero) is 1. The highest BCUT2D eigenvalue weighted by atomic mass is 32.2. The first-order valence-electron chi connectivity index (χ1n) is 11.0. The minimum Gasteiger partial charge on any atom is -0.497 e. The molecule has 4 rings (SSSR count). The Morgan fingerprint density at radius 1 is 1.06 bits per heavy atom. The Hall–Kier alpha value is -2.31. The molecule has 5 nitrogen and oxygen atoms in total. The summed E-state index contributed by atoms with van der Waals surface area (Å²) in [7, 11) is 1.61. The van der Waals surface area contributed by atoms with E-state index in [0.717, 1.165) is 41.4 Å². The third kappa shape index (κ3) is 5.31. The van der Waals surface area contributed by atoms with Crippen molar-refractivity contribution in [3.05, 3.63) is 59.7 Å². The summed E-state index contributed by atoms with van der Waals surface area (Å²) in [6.45, 7) is 2.06. The third-order valence-electron chi connectivity index (χ3n) is 6.09. The maximum absolute atomic E-state index is 13.2.